The largest absolute Gasteiger partial charge is 0.440 e. The third-order valence-corrected chi connectivity index (χ3v) is 5.66. The van der Waals surface area contributed by atoms with Gasteiger partial charge < -0.3 is 20.9 Å². The van der Waals surface area contributed by atoms with E-state index in [1.54, 1.807) is 6.92 Å². The number of aliphatic hydroxyl groups is 1. The molecule has 150 valence electrons. The summed E-state index contributed by atoms with van der Waals surface area (Å²) in [5, 5.41) is 13.6. The molecular weight excluding hydrogens is 334 g/mol. The van der Waals surface area contributed by atoms with E-state index in [-0.39, 0.29) is 5.91 Å². The van der Waals surface area contributed by atoms with Crippen molar-refractivity contribution in [2.75, 3.05) is 13.1 Å². The molecule has 2 fully saturated rings. The molecule has 0 spiro atoms. The second-order valence-electron chi connectivity index (χ2n) is 7.62. The molecule has 7 heteroatoms. The van der Waals surface area contributed by atoms with Gasteiger partial charge in [-0.05, 0) is 25.7 Å². The van der Waals surface area contributed by atoms with E-state index in [1.165, 1.54) is 24.2 Å². The first-order valence-electron chi connectivity index (χ1n) is 10.2. The van der Waals surface area contributed by atoms with E-state index < -0.39 is 30.4 Å². The molecule has 4 unspecified atom stereocenters. The van der Waals surface area contributed by atoms with Gasteiger partial charge in [0, 0.05) is 19.1 Å². The van der Waals surface area contributed by atoms with Crippen LogP contribution in [0, 0.1) is 5.92 Å². The summed E-state index contributed by atoms with van der Waals surface area (Å²) in [5.41, 5.74) is 6.25. The number of carbonyl (C=O) groups excluding carboxylic acids is 2. The van der Waals surface area contributed by atoms with Gasteiger partial charge in [-0.2, -0.15) is 0 Å². The molecule has 1 saturated heterocycles. The number of unbranched alkanes of at least 4 members (excludes halogenated alkanes) is 1. The molecule has 4 N–H and O–H groups in total. The van der Waals surface area contributed by atoms with Crippen LogP contribution in [0.1, 0.15) is 65.2 Å². The van der Waals surface area contributed by atoms with Gasteiger partial charge in [-0.15, -0.1) is 0 Å². The summed E-state index contributed by atoms with van der Waals surface area (Å²) < 4.78 is 5.37. The third kappa shape index (κ3) is 5.10. The molecule has 0 aromatic carbocycles. The molecule has 1 aliphatic heterocycles. The number of likely N-dealkylation sites (N-methyl/N-ethyl adjacent to an activating group) is 1. The highest BCUT2D eigenvalue weighted by Gasteiger charge is 2.50. The molecule has 4 atom stereocenters. The van der Waals surface area contributed by atoms with E-state index in [0.29, 0.717) is 25.4 Å². The number of nitrogens with two attached hydrogens (primary N) is 1. The van der Waals surface area contributed by atoms with E-state index in [0.717, 1.165) is 25.7 Å². The minimum absolute atomic E-state index is 0.278. The van der Waals surface area contributed by atoms with Gasteiger partial charge in [0.1, 0.15) is 6.10 Å². The second-order valence-corrected chi connectivity index (χ2v) is 7.62. The Morgan fingerprint density at radius 3 is 2.65 bits per heavy atom. The molecule has 1 heterocycles. The number of hydrogen-bond acceptors (Lipinski definition) is 5. The first-order valence-corrected chi connectivity index (χ1v) is 10.2. The van der Waals surface area contributed by atoms with Crippen molar-refractivity contribution in [3.63, 3.8) is 0 Å². The van der Waals surface area contributed by atoms with Crippen molar-refractivity contribution in [3.8, 4) is 0 Å². The molecule has 0 aromatic rings. The van der Waals surface area contributed by atoms with Crippen molar-refractivity contribution in [1.29, 1.82) is 0 Å². The molecule has 1 saturated carbocycles. The van der Waals surface area contributed by atoms with E-state index in [2.05, 4.69) is 5.32 Å². The monoisotopic (exact) mass is 369 g/mol. The van der Waals surface area contributed by atoms with Crippen LogP contribution in [0.5, 0.6) is 0 Å². The zero-order chi connectivity index (χ0) is 19.1. The number of cyclic esters (lactones) is 1. The maximum Gasteiger partial charge on any atom is 0.411 e. The average Bonchev–Trinajstić information content (AvgIpc) is 2.98. The summed E-state index contributed by atoms with van der Waals surface area (Å²) in [4.78, 5) is 26.2. The van der Waals surface area contributed by atoms with Crippen molar-refractivity contribution in [2.45, 2.75) is 89.5 Å². The second kappa shape index (κ2) is 10.1. The molecule has 7 nitrogen and oxygen atoms in total. The summed E-state index contributed by atoms with van der Waals surface area (Å²) in [7, 11) is 0. The number of amides is 2. The predicted molar refractivity (Wildman–Crippen MR) is 99.5 cm³/mol. The highest BCUT2D eigenvalue weighted by Crippen LogP contribution is 2.30. The Hall–Kier alpha value is -1.34. The number of carbonyl (C=O) groups is 2. The predicted octanol–water partition coefficient (Wildman–Crippen LogP) is 1.77. The SMILES string of the molecule is CCCCNC(=O)C1C(C(O)C(N)CC2CCCCC2)OC(=O)N1CC. The minimum atomic E-state index is -1.04. The van der Waals surface area contributed by atoms with E-state index >= 15 is 0 Å². The lowest BCUT2D eigenvalue weighted by molar-refractivity contribution is -0.128. The van der Waals surface area contributed by atoms with Crippen LogP contribution in [0.3, 0.4) is 0 Å². The molecule has 2 amide bonds. The highest BCUT2D eigenvalue weighted by atomic mass is 16.6. The Morgan fingerprint density at radius 1 is 1.35 bits per heavy atom. The van der Waals surface area contributed by atoms with Crippen LogP contribution >= 0.6 is 0 Å². The minimum Gasteiger partial charge on any atom is -0.440 e. The van der Waals surface area contributed by atoms with Crippen LogP contribution in [-0.4, -0.2) is 59.4 Å². The lowest BCUT2D eigenvalue weighted by Crippen LogP contribution is -2.55. The first kappa shape index (κ1) is 21.0. The van der Waals surface area contributed by atoms with Crippen molar-refractivity contribution < 1.29 is 19.4 Å². The highest BCUT2D eigenvalue weighted by molar-refractivity contribution is 5.88. The number of hydrogen-bond donors (Lipinski definition) is 3. The van der Waals surface area contributed by atoms with Gasteiger partial charge in [-0.25, -0.2) is 4.79 Å². The molecule has 0 radical (unpaired) electrons. The quantitative estimate of drug-likeness (QED) is 0.537. The van der Waals surface area contributed by atoms with Crippen LogP contribution < -0.4 is 11.1 Å². The lowest BCUT2D eigenvalue weighted by atomic mass is 9.83. The van der Waals surface area contributed by atoms with Gasteiger partial charge in [0.05, 0.1) is 0 Å². The number of nitrogens with zero attached hydrogens (tertiary/aromatic N) is 1. The number of aliphatic hydroxyl groups excluding tert-OH is 1. The molecule has 2 rings (SSSR count). The summed E-state index contributed by atoms with van der Waals surface area (Å²) in [6.07, 6.45) is 5.96. The smallest absolute Gasteiger partial charge is 0.411 e. The number of ether oxygens (including phenoxy) is 1. The van der Waals surface area contributed by atoms with Crippen LogP contribution in [-0.2, 0) is 9.53 Å². The van der Waals surface area contributed by atoms with Gasteiger partial charge in [0.25, 0.3) is 0 Å². The fraction of sp³-hybridized carbons (Fsp3) is 0.895. The van der Waals surface area contributed by atoms with Crippen LogP contribution in [0.4, 0.5) is 4.79 Å². The standard InChI is InChI=1S/C19H35N3O4/c1-3-5-11-21-18(24)15-17(26-19(25)22(15)4-2)16(23)14(20)12-13-9-7-6-8-10-13/h13-17,23H,3-12,20H2,1-2H3,(H,21,24). The summed E-state index contributed by atoms with van der Waals surface area (Å²) in [6, 6.07) is -1.32. The normalized spacial score (nSPS) is 26.5. The van der Waals surface area contributed by atoms with Crippen LogP contribution in [0.25, 0.3) is 0 Å². The van der Waals surface area contributed by atoms with E-state index in [4.69, 9.17) is 10.5 Å². The maximum atomic E-state index is 12.6. The van der Waals surface area contributed by atoms with Gasteiger partial charge in [-0.1, -0.05) is 45.4 Å². The molecule has 2 aliphatic rings. The van der Waals surface area contributed by atoms with Gasteiger partial charge in [0.15, 0.2) is 12.1 Å². The van der Waals surface area contributed by atoms with Crippen molar-refractivity contribution in [2.24, 2.45) is 11.7 Å². The van der Waals surface area contributed by atoms with Crippen LogP contribution in [0.2, 0.25) is 0 Å². The Kier molecular flexibility index (Phi) is 8.15. The number of nitrogens with one attached hydrogen (secondary N) is 1. The van der Waals surface area contributed by atoms with Crippen LogP contribution in [0.15, 0.2) is 0 Å². The topological polar surface area (TPSA) is 105 Å². The average molecular weight is 370 g/mol. The van der Waals surface area contributed by atoms with Gasteiger partial charge in [0.2, 0.25) is 5.91 Å². The Labute approximate surface area is 156 Å². The van der Waals surface area contributed by atoms with Crippen molar-refractivity contribution >= 4 is 12.0 Å². The summed E-state index contributed by atoms with van der Waals surface area (Å²) in [6.45, 7) is 4.74. The zero-order valence-corrected chi connectivity index (χ0v) is 16.2. The molecule has 1 aliphatic carbocycles. The zero-order valence-electron chi connectivity index (χ0n) is 16.2. The fourth-order valence-corrected chi connectivity index (χ4v) is 4.10. The Bertz CT molecular complexity index is 468. The third-order valence-electron chi connectivity index (χ3n) is 5.66. The Morgan fingerprint density at radius 2 is 2.04 bits per heavy atom. The lowest BCUT2D eigenvalue weighted by Gasteiger charge is -2.31. The summed E-state index contributed by atoms with van der Waals surface area (Å²) >= 11 is 0. The van der Waals surface area contributed by atoms with Crippen molar-refractivity contribution in [3.05, 3.63) is 0 Å². The number of rotatable bonds is 9. The van der Waals surface area contributed by atoms with Gasteiger partial charge in [-0.3, -0.25) is 9.69 Å². The fourth-order valence-electron chi connectivity index (χ4n) is 4.10. The van der Waals surface area contributed by atoms with E-state index in [9.17, 15) is 14.7 Å². The molecule has 26 heavy (non-hydrogen) atoms. The first-order chi connectivity index (χ1) is 12.5. The summed E-state index contributed by atoms with van der Waals surface area (Å²) in [5.74, 6) is 0.227. The molecule has 0 bridgehead atoms. The Balaban J connectivity index is 2.02. The van der Waals surface area contributed by atoms with Crippen molar-refractivity contribution in [1.82, 2.24) is 10.2 Å². The molecular formula is C19H35N3O4. The maximum absolute atomic E-state index is 12.6. The van der Waals surface area contributed by atoms with Gasteiger partial charge >= 0.3 is 6.09 Å². The van der Waals surface area contributed by atoms with E-state index in [1.807, 2.05) is 6.92 Å². The molecule has 0 aromatic heterocycles.